The molecule has 1 heterocycles. The molecule has 24 heavy (non-hydrogen) atoms. The van der Waals surface area contributed by atoms with Gasteiger partial charge in [0.25, 0.3) is 0 Å². The van der Waals surface area contributed by atoms with Crippen LogP contribution in [0.3, 0.4) is 0 Å². The molecule has 122 valence electrons. The van der Waals surface area contributed by atoms with E-state index < -0.39 is 5.97 Å². The van der Waals surface area contributed by atoms with Crippen LogP contribution in [0.4, 0.5) is 0 Å². The molecule has 0 amide bonds. The van der Waals surface area contributed by atoms with Crippen molar-refractivity contribution in [3.05, 3.63) is 60.5 Å². The number of rotatable bonds is 6. The molecule has 6 heteroatoms. The molecular weight excluding hydrogens is 308 g/mol. The van der Waals surface area contributed by atoms with Gasteiger partial charge in [-0.2, -0.15) is 0 Å². The third-order valence-electron chi connectivity index (χ3n) is 3.23. The van der Waals surface area contributed by atoms with Crippen molar-refractivity contribution in [2.75, 3.05) is 6.61 Å². The number of ether oxygens (including phenoxy) is 2. The maximum atomic E-state index is 12.1. The molecule has 0 aliphatic carbocycles. The molecule has 0 aliphatic rings. The summed E-state index contributed by atoms with van der Waals surface area (Å²) in [6.45, 7) is 2.69. The molecule has 0 unspecified atom stereocenters. The monoisotopic (exact) mass is 324 g/mol. The Bertz CT molecular complexity index is 781. The lowest BCUT2D eigenvalue weighted by Crippen LogP contribution is -2.08. The Hall–Kier alpha value is -3.15. The van der Waals surface area contributed by atoms with Crippen molar-refractivity contribution >= 4 is 5.97 Å². The number of benzene rings is 2. The predicted molar refractivity (Wildman–Crippen MR) is 86.9 cm³/mol. The van der Waals surface area contributed by atoms with Gasteiger partial charge in [0, 0.05) is 5.56 Å². The second-order valence-corrected chi connectivity index (χ2v) is 5.03. The van der Waals surface area contributed by atoms with Crippen LogP contribution in [0, 0.1) is 0 Å². The Morgan fingerprint density at radius 2 is 1.75 bits per heavy atom. The SMILES string of the molecule is CCCOc1ccc(C(=O)Oc2ccc(-c3nnco3)cc2)cc1. The van der Waals surface area contributed by atoms with Crippen LogP contribution in [0.25, 0.3) is 11.5 Å². The summed E-state index contributed by atoms with van der Waals surface area (Å²) in [5, 5.41) is 7.44. The van der Waals surface area contributed by atoms with Crippen LogP contribution in [0.5, 0.6) is 11.5 Å². The van der Waals surface area contributed by atoms with Crippen molar-refractivity contribution in [3.63, 3.8) is 0 Å². The van der Waals surface area contributed by atoms with Gasteiger partial charge in [0.15, 0.2) is 0 Å². The van der Waals surface area contributed by atoms with E-state index in [1.54, 1.807) is 48.5 Å². The summed E-state index contributed by atoms with van der Waals surface area (Å²) in [6.07, 6.45) is 2.19. The average molecular weight is 324 g/mol. The van der Waals surface area contributed by atoms with Crippen LogP contribution < -0.4 is 9.47 Å². The van der Waals surface area contributed by atoms with Crippen molar-refractivity contribution in [1.82, 2.24) is 10.2 Å². The second kappa shape index (κ2) is 7.41. The maximum Gasteiger partial charge on any atom is 0.343 e. The third kappa shape index (κ3) is 3.78. The van der Waals surface area contributed by atoms with Crippen LogP contribution in [0.2, 0.25) is 0 Å². The van der Waals surface area contributed by atoms with Gasteiger partial charge >= 0.3 is 5.97 Å². The normalized spacial score (nSPS) is 10.4. The molecule has 1 aromatic heterocycles. The first-order valence-electron chi connectivity index (χ1n) is 7.58. The molecule has 0 fully saturated rings. The number of carbonyl (C=O) groups is 1. The number of hydrogen-bond donors (Lipinski definition) is 0. The summed E-state index contributed by atoms with van der Waals surface area (Å²) in [5.74, 6) is 1.16. The zero-order valence-electron chi connectivity index (χ0n) is 13.1. The van der Waals surface area contributed by atoms with E-state index >= 15 is 0 Å². The minimum atomic E-state index is -0.428. The highest BCUT2D eigenvalue weighted by molar-refractivity contribution is 5.91. The van der Waals surface area contributed by atoms with Gasteiger partial charge in [0.1, 0.15) is 11.5 Å². The van der Waals surface area contributed by atoms with Crippen molar-refractivity contribution in [1.29, 1.82) is 0 Å². The largest absolute Gasteiger partial charge is 0.494 e. The minimum Gasteiger partial charge on any atom is -0.494 e. The fraction of sp³-hybridized carbons (Fsp3) is 0.167. The summed E-state index contributed by atoms with van der Waals surface area (Å²) in [6, 6.07) is 13.7. The van der Waals surface area contributed by atoms with E-state index in [1.165, 1.54) is 6.39 Å². The van der Waals surface area contributed by atoms with Gasteiger partial charge < -0.3 is 13.9 Å². The molecule has 2 aromatic carbocycles. The van der Waals surface area contributed by atoms with E-state index in [4.69, 9.17) is 13.9 Å². The van der Waals surface area contributed by atoms with Crippen molar-refractivity contribution < 1.29 is 18.7 Å². The van der Waals surface area contributed by atoms with Crippen LogP contribution in [-0.4, -0.2) is 22.8 Å². The maximum absolute atomic E-state index is 12.1. The molecule has 0 N–H and O–H groups in total. The summed E-state index contributed by atoms with van der Waals surface area (Å²) in [5.41, 5.74) is 1.21. The van der Waals surface area contributed by atoms with Gasteiger partial charge in [-0.1, -0.05) is 6.92 Å². The molecule has 3 aromatic rings. The smallest absolute Gasteiger partial charge is 0.343 e. The van der Waals surface area contributed by atoms with Gasteiger partial charge in [0.2, 0.25) is 12.3 Å². The van der Waals surface area contributed by atoms with Crippen molar-refractivity contribution in [2.24, 2.45) is 0 Å². The zero-order chi connectivity index (χ0) is 16.8. The molecule has 0 spiro atoms. The summed E-state index contributed by atoms with van der Waals surface area (Å²) in [4.78, 5) is 12.1. The van der Waals surface area contributed by atoms with Gasteiger partial charge in [-0.15, -0.1) is 10.2 Å². The molecule has 0 saturated heterocycles. The number of esters is 1. The Labute approximate surface area is 139 Å². The van der Waals surface area contributed by atoms with E-state index in [1.807, 2.05) is 6.92 Å². The van der Waals surface area contributed by atoms with E-state index in [-0.39, 0.29) is 0 Å². The minimum absolute atomic E-state index is 0.413. The number of carbonyl (C=O) groups excluding carboxylic acids is 1. The third-order valence-corrected chi connectivity index (χ3v) is 3.23. The topological polar surface area (TPSA) is 74.5 Å². The van der Waals surface area contributed by atoms with Gasteiger partial charge in [-0.3, -0.25) is 0 Å². The van der Waals surface area contributed by atoms with Gasteiger partial charge in [-0.05, 0) is 55.0 Å². The molecule has 0 aliphatic heterocycles. The highest BCUT2D eigenvalue weighted by Crippen LogP contribution is 2.21. The van der Waals surface area contributed by atoms with Gasteiger partial charge in [-0.25, -0.2) is 4.79 Å². The Balaban J connectivity index is 1.64. The predicted octanol–water partition coefficient (Wildman–Crippen LogP) is 3.74. The van der Waals surface area contributed by atoms with E-state index in [0.29, 0.717) is 23.8 Å². The first kappa shape index (κ1) is 15.7. The molecule has 6 nitrogen and oxygen atoms in total. The zero-order valence-corrected chi connectivity index (χ0v) is 13.1. The number of aromatic nitrogens is 2. The van der Waals surface area contributed by atoms with Gasteiger partial charge in [0.05, 0.1) is 12.2 Å². The molecule has 0 atom stereocenters. The summed E-state index contributed by atoms with van der Waals surface area (Å²) >= 11 is 0. The molecular formula is C18H16N2O4. The number of hydrogen-bond acceptors (Lipinski definition) is 6. The Morgan fingerprint density at radius 3 is 2.38 bits per heavy atom. The average Bonchev–Trinajstić information content (AvgIpc) is 3.15. The van der Waals surface area contributed by atoms with Crippen LogP contribution in [-0.2, 0) is 0 Å². The molecule has 0 bridgehead atoms. The molecule has 0 radical (unpaired) electrons. The summed E-state index contributed by atoms with van der Waals surface area (Å²) in [7, 11) is 0. The lowest BCUT2D eigenvalue weighted by atomic mass is 10.2. The highest BCUT2D eigenvalue weighted by atomic mass is 16.5. The fourth-order valence-corrected chi connectivity index (χ4v) is 2.04. The quantitative estimate of drug-likeness (QED) is 0.508. The molecule has 3 rings (SSSR count). The second-order valence-electron chi connectivity index (χ2n) is 5.03. The lowest BCUT2D eigenvalue weighted by molar-refractivity contribution is 0.0734. The standard InChI is InChI=1S/C18H16N2O4/c1-2-11-22-15-7-5-14(6-8-15)18(21)24-16-9-3-13(4-10-16)17-20-19-12-23-17/h3-10,12H,2,11H2,1H3. The first-order chi connectivity index (χ1) is 11.8. The summed E-state index contributed by atoms with van der Waals surface area (Å²) < 4.78 is 15.9. The van der Waals surface area contributed by atoms with Crippen LogP contribution in [0.15, 0.2) is 59.3 Å². The van der Waals surface area contributed by atoms with Crippen molar-refractivity contribution in [3.8, 4) is 23.0 Å². The van der Waals surface area contributed by atoms with Crippen molar-refractivity contribution in [2.45, 2.75) is 13.3 Å². The van der Waals surface area contributed by atoms with Crippen LogP contribution in [0.1, 0.15) is 23.7 Å². The highest BCUT2D eigenvalue weighted by Gasteiger charge is 2.10. The first-order valence-corrected chi connectivity index (χ1v) is 7.58. The van der Waals surface area contributed by atoms with Crippen LogP contribution >= 0.6 is 0 Å². The Kier molecular flexibility index (Phi) is 4.86. The molecule has 0 saturated carbocycles. The van der Waals surface area contributed by atoms with E-state index in [9.17, 15) is 4.79 Å². The Morgan fingerprint density at radius 1 is 1.04 bits per heavy atom. The number of nitrogens with zero attached hydrogens (tertiary/aromatic N) is 2. The fourth-order valence-electron chi connectivity index (χ4n) is 2.04. The lowest BCUT2D eigenvalue weighted by Gasteiger charge is -2.07. The van der Waals surface area contributed by atoms with E-state index in [0.717, 1.165) is 17.7 Å². The van der Waals surface area contributed by atoms with E-state index in [2.05, 4.69) is 10.2 Å².